The SMILES string of the molecule is CC(C)(C)C1c2[nH]c3ccccc3c2CCN1Cc1nccs1. The molecule has 1 N–H and O–H groups in total. The first kappa shape index (κ1) is 14.9. The van der Waals surface area contributed by atoms with E-state index in [2.05, 4.69) is 65.3 Å². The van der Waals surface area contributed by atoms with E-state index < -0.39 is 0 Å². The molecule has 1 atom stereocenters. The zero-order valence-corrected chi connectivity index (χ0v) is 14.8. The van der Waals surface area contributed by atoms with Gasteiger partial charge in [0.15, 0.2) is 0 Å². The average molecular weight is 325 g/mol. The number of thiazole rings is 1. The fourth-order valence-corrected chi connectivity index (χ4v) is 4.59. The highest BCUT2D eigenvalue weighted by atomic mass is 32.1. The molecule has 3 heterocycles. The van der Waals surface area contributed by atoms with Crippen molar-refractivity contribution in [2.24, 2.45) is 5.41 Å². The molecule has 0 bridgehead atoms. The maximum Gasteiger partial charge on any atom is 0.107 e. The molecule has 120 valence electrons. The first-order valence-corrected chi connectivity index (χ1v) is 9.14. The molecule has 1 unspecified atom stereocenters. The number of nitrogens with zero attached hydrogens (tertiary/aromatic N) is 2. The van der Waals surface area contributed by atoms with E-state index in [1.807, 2.05) is 6.20 Å². The van der Waals surface area contributed by atoms with Gasteiger partial charge in [-0.15, -0.1) is 11.3 Å². The monoisotopic (exact) mass is 325 g/mol. The summed E-state index contributed by atoms with van der Waals surface area (Å²) in [7, 11) is 0. The van der Waals surface area contributed by atoms with E-state index in [1.165, 1.54) is 27.2 Å². The predicted octanol–water partition coefficient (Wildman–Crippen LogP) is 4.77. The zero-order chi connectivity index (χ0) is 16.0. The molecule has 0 aliphatic carbocycles. The minimum atomic E-state index is 0.174. The van der Waals surface area contributed by atoms with Crippen molar-refractivity contribution in [1.29, 1.82) is 0 Å². The topological polar surface area (TPSA) is 31.9 Å². The Balaban J connectivity index is 1.79. The van der Waals surface area contributed by atoms with Crippen LogP contribution in [-0.2, 0) is 13.0 Å². The van der Waals surface area contributed by atoms with E-state index in [4.69, 9.17) is 0 Å². The largest absolute Gasteiger partial charge is 0.357 e. The number of aromatic nitrogens is 2. The molecule has 4 rings (SSSR count). The van der Waals surface area contributed by atoms with Gasteiger partial charge in [0.2, 0.25) is 0 Å². The van der Waals surface area contributed by atoms with Crippen LogP contribution in [0.25, 0.3) is 10.9 Å². The summed E-state index contributed by atoms with van der Waals surface area (Å²) in [6.45, 7) is 9.05. The zero-order valence-electron chi connectivity index (χ0n) is 14.0. The van der Waals surface area contributed by atoms with Crippen LogP contribution in [0.3, 0.4) is 0 Å². The third-order valence-electron chi connectivity index (χ3n) is 4.78. The maximum absolute atomic E-state index is 4.49. The molecule has 0 spiro atoms. The first-order chi connectivity index (χ1) is 11.0. The molecule has 1 aliphatic rings. The van der Waals surface area contributed by atoms with Gasteiger partial charge in [-0.2, -0.15) is 0 Å². The second-order valence-corrected chi connectivity index (χ2v) is 8.46. The first-order valence-electron chi connectivity index (χ1n) is 8.26. The molecule has 1 aliphatic heterocycles. The Hall–Kier alpha value is -1.65. The van der Waals surface area contributed by atoms with Gasteiger partial charge in [0.05, 0.1) is 12.6 Å². The molecule has 3 aromatic rings. The molecule has 0 amide bonds. The fourth-order valence-electron chi connectivity index (χ4n) is 3.95. The molecule has 0 radical (unpaired) electrons. The molecule has 23 heavy (non-hydrogen) atoms. The van der Waals surface area contributed by atoms with E-state index in [0.29, 0.717) is 6.04 Å². The highest BCUT2D eigenvalue weighted by molar-refractivity contribution is 7.09. The molecular weight excluding hydrogens is 302 g/mol. The quantitative estimate of drug-likeness (QED) is 0.736. The highest BCUT2D eigenvalue weighted by Crippen LogP contribution is 2.44. The lowest BCUT2D eigenvalue weighted by molar-refractivity contribution is 0.0792. The van der Waals surface area contributed by atoms with Crippen LogP contribution in [0, 0.1) is 5.41 Å². The van der Waals surface area contributed by atoms with Crippen molar-refractivity contribution in [1.82, 2.24) is 14.9 Å². The van der Waals surface area contributed by atoms with Crippen LogP contribution in [0.1, 0.15) is 43.1 Å². The summed E-state index contributed by atoms with van der Waals surface area (Å²) in [5.74, 6) is 0. The maximum atomic E-state index is 4.49. The predicted molar refractivity (Wildman–Crippen MR) is 96.7 cm³/mol. The molecular formula is C19H23N3S. The van der Waals surface area contributed by atoms with Crippen molar-refractivity contribution in [2.75, 3.05) is 6.54 Å². The van der Waals surface area contributed by atoms with E-state index in [1.54, 1.807) is 11.3 Å². The van der Waals surface area contributed by atoms with Crippen LogP contribution in [0.5, 0.6) is 0 Å². The van der Waals surface area contributed by atoms with Gasteiger partial charge in [0.25, 0.3) is 0 Å². The lowest BCUT2D eigenvalue weighted by Gasteiger charge is -2.43. The second-order valence-electron chi connectivity index (χ2n) is 7.48. The number of hydrogen-bond donors (Lipinski definition) is 1. The van der Waals surface area contributed by atoms with Crippen molar-refractivity contribution in [3.63, 3.8) is 0 Å². The van der Waals surface area contributed by atoms with Crippen LogP contribution in [0.2, 0.25) is 0 Å². The number of para-hydroxylation sites is 1. The summed E-state index contributed by atoms with van der Waals surface area (Å²) in [5.41, 5.74) is 4.35. The number of rotatable bonds is 2. The third-order valence-corrected chi connectivity index (χ3v) is 5.54. The van der Waals surface area contributed by atoms with Crippen LogP contribution in [-0.4, -0.2) is 21.4 Å². The van der Waals surface area contributed by atoms with Gasteiger partial charge in [-0.05, 0) is 23.5 Å². The van der Waals surface area contributed by atoms with Crippen molar-refractivity contribution in [3.8, 4) is 0 Å². The molecule has 0 fully saturated rings. The fraction of sp³-hybridized carbons (Fsp3) is 0.421. The van der Waals surface area contributed by atoms with E-state index >= 15 is 0 Å². The smallest absolute Gasteiger partial charge is 0.107 e. The Morgan fingerprint density at radius 2 is 2.13 bits per heavy atom. The molecule has 3 nitrogen and oxygen atoms in total. The third kappa shape index (κ3) is 2.60. The Labute approximate surface area is 141 Å². The molecule has 1 aromatic carbocycles. The van der Waals surface area contributed by atoms with Crippen molar-refractivity contribution in [2.45, 2.75) is 39.8 Å². The van der Waals surface area contributed by atoms with Gasteiger partial charge in [0.1, 0.15) is 5.01 Å². The van der Waals surface area contributed by atoms with E-state index in [0.717, 1.165) is 19.5 Å². The van der Waals surface area contributed by atoms with E-state index in [9.17, 15) is 0 Å². The minimum Gasteiger partial charge on any atom is -0.357 e. The summed E-state index contributed by atoms with van der Waals surface area (Å²) in [5, 5.41) is 4.67. The van der Waals surface area contributed by atoms with Crippen LogP contribution < -0.4 is 0 Å². The summed E-state index contributed by atoms with van der Waals surface area (Å²) in [6.07, 6.45) is 3.02. The minimum absolute atomic E-state index is 0.174. The van der Waals surface area contributed by atoms with Crippen LogP contribution in [0.4, 0.5) is 0 Å². The average Bonchev–Trinajstić information content (AvgIpc) is 3.12. The van der Waals surface area contributed by atoms with Gasteiger partial charge in [-0.1, -0.05) is 39.0 Å². The standard InChI is InChI=1S/C19H23N3S/c1-19(2,3)18-17-14(13-6-4-5-7-15(13)21-17)8-10-22(18)12-16-20-9-11-23-16/h4-7,9,11,18,21H,8,10,12H2,1-3H3. The Bertz CT molecular complexity index is 811. The van der Waals surface area contributed by atoms with Gasteiger partial charge >= 0.3 is 0 Å². The number of hydrogen-bond acceptors (Lipinski definition) is 3. The second kappa shape index (κ2) is 5.46. The summed E-state index contributed by atoms with van der Waals surface area (Å²) in [6, 6.07) is 9.09. The number of benzene rings is 1. The number of H-pyrrole nitrogens is 1. The lowest BCUT2D eigenvalue weighted by atomic mass is 9.80. The highest BCUT2D eigenvalue weighted by Gasteiger charge is 2.38. The summed E-state index contributed by atoms with van der Waals surface area (Å²) in [4.78, 5) is 10.8. The van der Waals surface area contributed by atoms with Gasteiger partial charge in [0, 0.05) is 34.7 Å². The molecule has 0 saturated carbocycles. The molecule has 0 saturated heterocycles. The van der Waals surface area contributed by atoms with Crippen LogP contribution >= 0.6 is 11.3 Å². The Morgan fingerprint density at radius 3 is 2.87 bits per heavy atom. The Kier molecular flexibility index (Phi) is 3.54. The lowest BCUT2D eigenvalue weighted by Crippen LogP contribution is -2.41. The summed E-state index contributed by atoms with van der Waals surface area (Å²) < 4.78 is 0. The number of fused-ring (bicyclic) bond motifs is 3. The molecule has 4 heteroatoms. The van der Waals surface area contributed by atoms with Crippen LogP contribution in [0.15, 0.2) is 35.8 Å². The van der Waals surface area contributed by atoms with Crippen molar-refractivity contribution >= 4 is 22.2 Å². The normalized spacial score (nSPS) is 19.2. The number of nitrogens with one attached hydrogen (secondary N) is 1. The van der Waals surface area contributed by atoms with Crippen molar-refractivity contribution < 1.29 is 0 Å². The van der Waals surface area contributed by atoms with E-state index in [-0.39, 0.29) is 5.41 Å². The van der Waals surface area contributed by atoms with Crippen molar-refractivity contribution in [3.05, 3.63) is 52.1 Å². The number of aromatic amines is 1. The van der Waals surface area contributed by atoms with Gasteiger partial charge < -0.3 is 4.98 Å². The van der Waals surface area contributed by atoms with Gasteiger partial charge in [-0.25, -0.2) is 4.98 Å². The van der Waals surface area contributed by atoms with Gasteiger partial charge in [-0.3, -0.25) is 4.90 Å². The molecule has 2 aromatic heterocycles. The Morgan fingerprint density at radius 1 is 1.30 bits per heavy atom. The summed E-state index contributed by atoms with van der Waals surface area (Å²) >= 11 is 1.75.